The van der Waals surface area contributed by atoms with Crippen LogP contribution in [0.5, 0.6) is 5.75 Å². The molecule has 0 N–H and O–H groups in total. The van der Waals surface area contributed by atoms with Crippen molar-refractivity contribution in [1.29, 1.82) is 0 Å². The summed E-state index contributed by atoms with van der Waals surface area (Å²) in [5.41, 5.74) is 3.17. The Morgan fingerprint density at radius 3 is 2.50 bits per heavy atom. The van der Waals surface area contributed by atoms with Crippen LogP contribution in [0.2, 0.25) is 0 Å². The van der Waals surface area contributed by atoms with Crippen molar-refractivity contribution < 1.29 is 14.3 Å². The SMILES string of the molecule is CCOc1ccc(-c2cc(C(=O)N3C[C@@H](C)O[C@@H](C)C3)c3cc(Br)ccc3n2)cc1. The summed E-state index contributed by atoms with van der Waals surface area (Å²) in [6.45, 7) is 7.75. The van der Waals surface area contributed by atoms with Crippen molar-refractivity contribution in [2.45, 2.75) is 33.0 Å². The summed E-state index contributed by atoms with van der Waals surface area (Å²) in [6.07, 6.45) is 0.0336. The molecular formula is C24H25BrN2O3. The van der Waals surface area contributed by atoms with Crippen LogP contribution in [0.1, 0.15) is 31.1 Å². The first-order chi connectivity index (χ1) is 14.4. The van der Waals surface area contributed by atoms with E-state index >= 15 is 0 Å². The van der Waals surface area contributed by atoms with Crippen molar-refractivity contribution in [3.05, 3.63) is 58.6 Å². The van der Waals surface area contributed by atoms with Crippen LogP contribution < -0.4 is 4.74 Å². The molecule has 1 aliphatic rings. The molecule has 0 bridgehead atoms. The number of nitrogens with zero attached hydrogens (tertiary/aromatic N) is 2. The van der Waals surface area contributed by atoms with Gasteiger partial charge in [0.2, 0.25) is 0 Å². The molecule has 2 heterocycles. The van der Waals surface area contributed by atoms with E-state index in [2.05, 4.69) is 15.9 Å². The van der Waals surface area contributed by atoms with Gasteiger partial charge in [-0.3, -0.25) is 4.79 Å². The fourth-order valence-corrected chi connectivity index (χ4v) is 4.29. The van der Waals surface area contributed by atoms with Crippen LogP contribution in [0.4, 0.5) is 0 Å². The Morgan fingerprint density at radius 1 is 1.13 bits per heavy atom. The van der Waals surface area contributed by atoms with Crippen molar-refractivity contribution >= 4 is 32.7 Å². The molecule has 156 valence electrons. The number of pyridine rings is 1. The smallest absolute Gasteiger partial charge is 0.254 e. The van der Waals surface area contributed by atoms with E-state index in [-0.39, 0.29) is 18.1 Å². The summed E-state index contributed by atoms with van der Waals surface area (Å²) in [6, 6.07) is 15.6. The second-order valence-electron chi connectivity index (χ2n) is 7.64. The maximum absolute atomic E-state index is 13.5. The summed E-state index contributed by atoms with van der Waals surface area (Å²) < 4.78 is 12.3. The number of morpholine rings is 1. The van der Waals surface area contributed by atoms with Gasteiger partial charge in [0.05, 0.1) is 35.6 Å². The minimum Gasteiger partial charge on any atom is -0.494 e. The summed E-state index contributed by atoms with van der Waals surface area (Å²) in [5, 5.41) is 0.843. The number of carbonyl (C=O) groups is 1. The molecule has 6 heteroatoms. The van der Waals surface area contributed by atoms with Gasteiger partial charge in [-0.1, -0.05) is 15.9 Å². The van der Waals surface area contributed by atoms with Crippen LogP contribution in [0.25, 0.3) is 22.2 Å². The third-order valence-corrected chi connectivity index (χ3v) is 5.66. The van der Waals surface area contributed by atoms with E-state index in [1.165, 1.54) is 0 Å². The lowest BCUT2D eigenvalue weighted by Gasteiger charge is -2.35. The van der Waals surface area contributed by atoms with Crippen molar-refractivity contribution in [3.63, 3.8) is 0 Å². The van der Waals surface area contributed by atoms with Gasteiger partial charge in [0.15, 0.2) is 0 Å². The van der Waals surface area contributed by atoms with Gasteiger partial charge in [0.1, 0.15) is 5.75 Å². The Balaban J connectivity index is 1.79. The topological polar surface area (TPSA) is 51.7 Å². The summed E-state index contributed by atoms with van der Waals surface area (Å²) in [5.74, 6) is 0.827. The molecule has 0 saturated carbocycles. The quantitative estimate of drug-likeness (QED) is 0.520. The standard InChI is InChI=1S/C24H25BrN2O3/c1-4-29-19-8-5-17(6-9-19)23-12-21(20-11-18(25)7-10-22(20)26-23)24(28)27-13-15(2)30-16(3)14-27/h5-12,15-16H,4,13-14H2,1-3H3/t15-,16+. The number of benzene rings is 2. The van der Waals surface area contributed by atoms with Gasteiger partial charge < -0.3 is 14.4 Å². The lowest BCUT2D eigenvalue weighted by molar-refractivity contribution is -0.0585. The van der Waals surface area contributed by atoms with Crippen LogP contribution >= 0.6 is 15.9 Å². The molecule has 2 atom stereocenters. The first-order valence-electron chi connectivity index (χ1n) is 10.2. The Kier molecular flexibility index (Phi) is 6.06. The number of carbonyl (C=O) groups excluding carboxylic acids is 1. The van der Waals surface area contributed by atoms with Crippen LogP contribution in [0, 0.1) is 0 Å². The molecule has 1 fully saturated rings. The molecule has 5 nitrogen and oxygen atoms in total. The molecule has 1 saturated heterocycles. The molecule has 0 aliphatic carbocycles. The van der Waals surface area contributed by atoms with E-state index in [0.717, 1.165) is 32.4 Å². The van der Waals surface area contributed by atoms with Crippen molar-refractivity contribution in [3.8, 4) is 17.0 Å². The highest BCUT2D eigenvalue weighted by molar-refractivity contribution is 9.10. The van der Waals surface area contributed by atoms with Gasteiger partial charge >= 0.3 is 0 Å². The number of rotatable bonds is 4. The van der Waals surface area contributed by atoms with E-state index in [1.54, 1.807) is 0 Å². The Hall–Kier alpha value is -2.44. The Labute approximate surface area is 185 Å². The molecular weight excluding hydrogens is 444 g/mol. The summed E-state index contributed by atoms with van der Waals surface area (Å²) in [7, 11) is 0. The second-order valence-corrected chi connectivity index (χ2v) is 8.56. The highest BCUT2D eigenvalue weighted by Gasteiger charge is 2.28. The van der Waals surface area contributed by atoms with Gasteiger partial charge in [-0.25, -0.2) is 4.98 Å². The molecule has 0 unspecified atom stereocenters. The molecule has 30 heavy (non-hydrogen) atoms. The predicted octanol–water partition coefficient (Wildman–Crippen LogP) is 5.31. The fraction of sp³-hybridized carbons (Fsp3) is 0.333. The van der Waals surface area contributed by atoms with Crippen molar-refractivity contribution in [2.75, 3.05) is 19.7 Å². The van der Waals surface area contributed by atoms with Crippen molar-refractivity contribution in [1.82, 2.24) is 9.88 Å². The van der Waals surface area contributed by atoms with E-state index in [4.69, 9.17) is 14.5 Å². The highest BCUT2D eigenvalue weighted by atomic mass is 79.9. The zero-order chi connectivity index (χ0) is 21.3. The number of amides is 1. The van der Waals surface area contributed by atoms with Crippen LogP contribution in [0.3, 0.4) is 0 Å². The monoisotopic (exact) mass is 468 g/mol. The van der Waals surface area contributed by atoms with Gasteiger partial charge in [-0.15, -0.1) is 0 Å². The minimum absolute atomic E-state index is 0.00897. The van der Waals surface area contributed by atoms with Crippen LogP contribution in [-0.4, -0.2) is 47.7 Å². The van der Waals surface area contributed by atoms with Gasteiger partial charge in [-0.2, -0.15) is 0 Å². The van der Waals surface area contributed by atoms with Gasteiger partial charge in [0, 0.05) is 28.5 Å². The van der Waals surface area contributed by atoms with E-state index < -0.39 is 0 Å². The summed E-state index contributed by atoms with van der Waals surface area (Å²) in [4.78, 5) is 20.3. The fourth-order valence-electron chi connectivity index (χ4n) is 3.93. The molecule has 2 aromatic carbocycles. The molecule has 1 amide bonds. The Bertz CT molecular complexity index is 1060. The number of ether oxygens (including phenoxy) is 2. The maximum Gasteiger partial charge on any atom is 0.254 e. The molecule has 3 aromatic rings. The highest BCUT2D eigenvalue weighted by Crippen LogP contribution is 2.29. The molecule has 4 rings (SSSR count). The number of halogens is 1. The van der Waals surface area contributed by atoms with Gasteiger partial charge in [0.25, 0.3) is 5.91 Å². The normalized spacial score (nSPS) is 19.1. The van der Waals surface area contributed by atoms with E-state index in [1.807, 2.05) is 74.2 Å². The average Bonchev–Trinajstić information content (AvgIpc) is 2.72. The zero-order valence-electron chi connectivity index (χ0n) is 17.4. The predicted molar refractivity (Wildman–Crippen MR) is 122 cm³/mol. The zero-order valence-corrected chi connectivity index (χ0v) is 19.0. The minimum atomic E-state index is 0.00897. The third kappa shape index (κ3) is 4.35. The molecule has 1 aromatic heterocycles. The van der Waals surface area contributed by atoms with Crippen molar-refractivity contribution in [2.24, 2.45) is 0 Å². The molecule has 0 spiro atoms. The van der Waals surface area contributed by atoms with Crippen LogP contribution in [0.15, 0.2) is 53.0 Å². The second kappa shape index (κ2) is 8.74. The number of aromatic nitrogens is 1. The Morgan fingerprint density at radius 2 is 1.83 bits per heavy atom. The number of fused-ring (bicyclic) bond motifs is 1. The number of hydrogen-bond acceptors (Lipinski definition) is 4. The summed E-state index contributed by atoms with van der Waals surface area (Å²) >= 11 is 3.53. The largest absolute Gasteiger partial charge is 0.494 e. The lowest BCUT2D eigenvalue weighted by Crippen LogP contribution is -2.48. The first kappa shape index (κ1) is 20.8. The van der Waals surface area contributed by atoms with Gasteiger partial charge in [-0.05, 0) is 69.3 Å². The van der Waals surface area contributed by atoms with Crippen LogP contribution in [-0.2, 0) is 4.74 Å². The first-order valence-corrected chi connectivity index (χ1v) is 11.0. The van der Waals surface area contributed by atoms with E-state index in [9.17, 15) is 4.79 Å². The third-order valence-electron chi connectivity index (χ3n) is 5.17. The maximum atomic E-state index is 13.5. The lowest BCUT2D eigenvalue weighted by atomic mass is 10.0. The molecule has 0 radical (unpaired) electrons. The average molecular weight is 469 g/mol. The molecule has 1 aliphatic heterocycles. The number of hydrogen-bond donors (Lipinski definition) is 0. The van der Waals surface area contributed by atoms with E-state index in [0.29, 0.717) is 25.3 Å².